The number of likely N-dealkylation sites (N-methyl/N-ethyl adjacent to an activating group) is 1. The molecule has 3 amide bonds. The summed E-state index contributed by atoms with van der Waals surface area (Å²) in [6, 6.07) is 7.02. The maximum Gasteiger partial charge on any atom is 0.319 e. The molecule has 10 heteroatoms. The normalized spacial score (nSPS) is 21.1. The first kappa shape index (κ1) is 30.1. The predicted molar refractivity (Wildman–Crippen MR) is 157 cm³/mol. The van der Waals surface area contributed by atoms with Crippen molar-refractivity contribution in [1.82, 2.24) is 20.1 Å². The van der Waals surface area contributed by atoms with Crippen LogP contribution >= 0.6 is 11.6 Å². The Hall–Kier alpha value is -2.88. The van der Waals surface area contributed by atoms with Gasteiger partial charge < -0.3 is 25.4 Å². The van der Waals surface area contributed by atoms with E-state index in [0.29, 0.717) is 41.7 Å². The summed E-state index contributed by atoms with van der Waals surface area (Å²) in [5.74, 6) is 0.523. The summed E-state index contributed by atoms with van der Waals surface area (Å²) in [6.45, 7) is 5.47. The maximum absolute atomic E-state index is 13.5. The molecule has 2 aliphatic rings. The molecule has 0 saturated heterocycles. The number of hydrogen-bond donors (Lipinski definition) is 3. The Morgan fingerprint density at radius 2 is 2.05 bits per heavy atom. The van der Waals surface area contributed by atoms with E-state index >= 15 is 0 Å². The number of anilines is 1. The molecule has 0 unspecified atom stereocenters. The molecule has 1 aliphatic carbocycles. The fourth-order valence-electron chi connectivity index (χ4n) is 5.52. The van der Waals surface area contributed by atoms with Crippen molar-refractivity contribution in [3.63, 3.8) is 0 Å². The van der Waals surface area contributed by atoms with Gasteiger partial charge in [0.2, 0.25) is 5.91 Å². The van der Waals surface area contributed by atoms with Crippen molar-refractivity contribution < 1.29 is 19.4 Å². The SMILES string of the molecule is C[C@@H]1CN([C@@H](C)CO)C(=O)Cc2cc(NC(=O)NC3CCCCC3)ccc2O[C@H]1CN(C)Cc1ccncc1Cl. The highest BCUT2D eigenvalue weighted by Crippen LogP contribution is 2.30. The lowest BCUT2D eigenvalue weighted by Crippen LogP contribution is -2.47. The summed E-state index contributed by atoms with van der Waals surface area (Å²) < 4.78 is 6.60. The molecule has 0 spiro atoms. The monoisotopic (exact) mass is 571 g/mol. The standard InChI is InChI=1S/C30H42ClN5O4/c1-20-16-36(21(2)19-37)29(38)14-23-13-25(34-30(39)33-24-7-5-4-6-8-24)9-10-27(23)40-28(20)18-35(3)17-22-11-12-32-15-26(22)31/h9-13,15,20-21,24,28,37H,4-8,14,16-19H2,1-3H3,(H2,33,34,39)/t20-,21+,28+/m1/s1. The van der Waals surface area contributed by atoms with E-state index < -0.39 is 0 Å². The lowest BCUT2D eigenvalue weighted by molar-refractivity contribution is -0.134. The molecule has 1 fully saturated rings. The van der Waals surface area contributed by atoms with Crippen LogP contribution < -0.4 is 15.4 Å². The Balaban J connectivity index is 1.54. The lowest BCUT2D eigenvalue weighted by atomic mass is 9.96. The molecule has 1 aromatic carbocycles. The number of hydrogen-bond acceptors (Lipinski definition) is 6. The van der Waals surface area contributed by atoms with Gasteiger partial charge in [-0.3, -0.25) is 14.7 Å². The Kier molecular flexibility index (Phi) is 10.6. The maximum atomic E-state index is 13.5. The van der Waals surface area contributed by atoms with Gasteiger partial charge >= 0.3 is 6.03 Å². The second kappa shape index (κ2) is 14.1. The van der Waals surface area contributed by atoms with Gasteiger partial charge in [0.25, 0.3) is 0 Å². The molecule has 3 atom stereocenters. The highest BCUT2D eigenvalue weighted by molar-refractivity contribution is 6.31. The van der Waals surface area contributed by atoms with Gasteiger partial charge in [-0.05, 0) is 56.6 Å². The van der Waals surface area contributed by atoms with E-state index in [1.165, 1.54) is 6.42 Å². The molecule has 40 heavy (non-hydrogen) atoms. The molecular weight excluding hydrogens is 530 g/mol. The predicted octanol–water partition coefficient (Wildman–Crippen LogP) is 4.47. The van der Waals surface area contributed by atoms with Crippen LogP contribution in [0.15, 0.2) is 36.7 Å². The van der Waals surface area contributed by atoms with Crippen LogP contribution in [-0.4, -0.2) is 76.8 Å². The third kappa shape index (κ3) is 8.08. The fraction of sp³-hybridized carbons (Fsp3) is 0.567. The first-order chi connectivity index (χ1) is 19.2. The Morgan fingerprint density at radius 1 is 1.27 bits per heavy atom. The van der Waals surface area contributed by atoms with E-state index in [4.69, 9.17) is 16.3 Å². The number of nitrogens with zero attached hydrogens (tertiary/aromatic N) is 3. The Bertz CT molecular complexity index is 1160. The highest BCUT2D eigenvalue weighted by Gasteiger charge is 2.31. The number of rotatable bonds is 8. The number of amides is 3. The van der Waals surface area contributed by atoms with Gasteiger partial charge in [0.05, 0.1) is 24.1 Å². The Labute approximate surface area is 242 Å². The fourth-order valence-corrected chi connectivity index (χ4v) is 5.70. The van der Waals surface area contributed by atoms with Crippen molar-refractivity contribution >= 4 is 29.2 Å². The van der Waals surface area contributed by atoms with Gasteiger partial charge in [0.15, 0.2) is 0 Å². The largest absolute Gasteiger partial charge is 0.488 e. The molecule has 2 heterocycles. The molecule has 1 aromatic heterocycles. The molecule has 2 aromatic rings. The molecule has 4 rings (SSSR count). The minimum atomic E-state index is -0.326. The number of fused-ring (bicyclic) bond motifs is 1. The zero-order chi connectivity index (χ0) is 28.6. The number of carbonyl (C=O) groups is 2. The van der Waals surface area contributed by atoms with Gasteiger partial charge in [-0.15, -0.1) is 0 Å². The first-order valence-electron chi connectivity index (χ1n) is 14.3. The van der Waals surface area contributed by atoms with E-state index in [1.54, 1.807) is 17.3 Å². The van der Waals surface area contributed by atoms with Gasteiger partial charge in [0, 0.05) is 55.2 Å². The number of aliphatic hydroxyl groups excluding tert-OH is 1. The smallest absolute Gasteiger partial charge is 0.319 e. The van der Waals surface area contributed by atoms with Crippen LogP contribution in [0.5, 0.6) is 5.75 Å². The van der Waals surface area contributed by atoms with Crippen molar-refractivity contribution in [1.29, 1.82) is 0 Å². The number of carbonyl (C=O) groups excluding carboxylic acids is 2. The van der Waals surface area contributed by atoms with E-state index in [0.717, 1.165) is 31.2 Å². The third-order valence-electron chi connectivity index (χ3n) is 7.90. The van der Waals surface area contributed by atoms with Crippen LogP contribution in [0.2, 0.25) is 5.02 Å². The lowest BCUT2D eigenvalue weighted by Gasteiger charge is -2.34. The van der Waals surface area contributed by atoms with Gasteiger partial charge in [0.1, 0.15) is 11.9 Å². The molecule has 1 saturated carbocycles. The minimum absolute atomic E-state index is 0.0154. The molecular formula is C30H42ClN5O4. The number of aliphatic hydroxyl groups is 1. The van der Waals surface area contributed by atoms with Crippen molar-refractivity contribution in [2.24, 2.45) is 5.92 Å². The highest BCUT2D eigenvalue weighted by atomic mass is 35.5. The average molecular weight is 572 g/mol. The average Bonchev–Trinajstić information content (AvgIpc) is 2.97. The van der Waals surface area contributed by atoms with Crippen molar-refractivity contribution in [3.8, 4) is 5.75 Å². The van der Waals surface area contributed by atoms with Crippen LogP contribution in [0.3, 0.4) is 0 Å². The van der Waals surface area contributed by atoms with Crippen LogP contribution in [0, 0.1) is 5.92 Å². The van der Waals surface area contributed by atoms with Crippen LogP contribution in [0.4, 0.5) is 10.5 Å². The second-order valence-corrected chi connectivity index (χ2v) is 11.7. The minimum Gasteiger partial charge on any atom is -0.488 e. The number of benzene rings is 1. The summed E-state index contributed by atoms with van der Waals surface area (Å²) in [5.41, 5.74) is 2.29. The number of aromatic nitrogens is 1. The van der Waals surface area contributed by atoms with Crippen molar-refractivity contribution in [3.05, 3.63) is 52.8 Å². The van der Waals surface area contributed by atoms with E-state index in [2.05, 4.69) is 27.4 Å². The zero-order valence-electron chi connectivity index (χ0n) is 23.7. The number of ether oxygens (including phenoxy) is 1. The summed E-state index contributed by atoms with van der Waals surface area (Å²) in [6.07, 6.45) is 8.73. The molecule has 0 bridgehead atoms. The Morgan fingerprint density at radius 3 is 2.77 bits per heavy atom. The van der Waals surface area contributed by atoms with E-state index in [-0.39, 0.29) is 49.1 Å². The van der Waals surface area contributed by atoms with Gasteiger partial charge in [-0.25, -0.2) is 4.79 Å². The van der Waals surface area contributed by atoms with Crippen LogP contribution in [0.1, 0.15) is 57.1 Å². The summed E-state index contributed by atoms with van der Waals surface area (Å²) in [4.78, 5) is 34.1. The van der Waals surface area contributed by atoms with Crippen molar-refractivity contribution in [2.45, 2.75) is 77.1 Å². The van der Waals surface area contributed by atoms with Crippen LogP contribution in [-0.2, 0) is 17.8 Å². The summed E-state index contributed by atoms with van der Waals surface area (Å²) in [7, 11) is 2.01. The zero-order valence-corrected chi connectivity index (χ0v) is 24.5. The second-order valence-electron chi connectivity index (χ2n) is 11.3. The number of urea groups is 1. The van der Waals surface area contributed by atoms with Gasteiger partial charge in [-0.2, -0.15) is 0 Å². The molecule has 218 valence electrons. The number of halogens is 1. The topological polar surface area (TPSA) is 107 Å². The van der Waals surface area contributed by atoms with Gasteiger partial charge in [-0.1, -0.05) is 37.8 Å². The van der Waals surface area contributed by atoms with Crippen LogP contribution in [0.25, 0.3) is 0 Å². The molecule has 9 nitrogen and oxygen atoms in total. The summed E-state index contributed by atoms with van der Waals surface area (Å²) in [5, 5.41) is 16.5. The third-order valence-corrected chi connectivity index (χ3v) is 8.24. The number of nitrogens with one attached hydrogen (secondary N) is 2. The number of pyridine rings is 1. The molecule has 3 N–H and O–H groups in total. The first-order valence-corrected chi connectivity index (χ1v) is 14.7. The quantitative estimate of drug-likeness (QED) is 0.431. The molecule has 0 radical (unpaired) electrons. The van der Waals surface area contributed by atoms with Crippen molar-refractivity contribution in [2.75, 3.05) is 32.1 Å². The van der Waals surface area contributed by atoms with E-state index in [9.17, 15) is 14.7 Å². The summed E-state index contributed by atoms with van der Waals surface area (Å²) >= 11 is 6.34. The molecule has 1 aliphatic heterocycles. The van der Waals surface area contributed by atoms with E-state index in [1.807, 2.05) is 38.2 Å².